The van der Waals surface area contributed by atoms with Gasteiger partial charge in [-0.2, -0.15) is 15.3 Å². The highest BCUT2D eigenvalue weighted by Gasteiger charge is 2.28. The Morgan fingerprint density at radius 2 is 0.990 bits per heavy atom. The summed E-state index contributed by atoms with van der Waals surface area (Å²) >= 11 is 8.86. The SMILES string of the molecule is CC(=O)N1CCC(N)CC1.CC(=O)N1CCC(Nc2cc(N)nc3cc(-c4ccn[nH]4)sc23)CC1.CC(=O)N1CCC(Nc2cc(NC(C)(C)C)nc3cc(-c4ccnn4C4CCCCO4)sc23)CC1.CC(C)(C)Nc1cc(Br)c2sc(-c3ccnn3C3CCCCO3)cc2n1. The van der Waals surface area contributed by atoms with Gasteiger partial charge in [-0.1, -0.05) is 0 Å². The topological polar surface area (TPSA) is 283 Å². The zero-order valence-corrected chi connectivity index (χ0v) is 60.7. The number of rotatable bonds is 11. The molecule has 96 heavy (non-hydrogen) atoms. The van der Waals surface area contributed by atoms with Gasteiger partial charge in [0.05, 0.1) is 73.7 Å². The molecule has 14 rings (SSSR count). The number of carbonyl (C=O) groups is 3. The summed E-state index contributed by atoms with van der Waals surface area (Å²) in [6.07, 6.45) is 17.7. The number of nitrogens with one attached hydrogen (secondary N) is 5. The standard InChI is InChI=1S/C26H36N6O2S.C19H23BrN4OS.C17H20N6OS.C7H14N2O/c1-17(33)31-12-9-18(10-13-31)28-20-16-23(30-26(2,3)4)29-19-15-22(35-25(19)20)21-8-11-27-32(21)24-7-5-6-14-34-24;1-19(2,3)23-16-10-12(20)18-13(22-16)11-15(26-18)14-7-8-21-24(14)17-6-4-5-9-25-17;1-10(24)23-6-3-11(4-7-23)20-14-9-16(18)21-13-8-15(25-17(13)14)12-2-5-19-22-12;1-6(10)9-4-2-7(8)3-5-9/h8,11,15-16,18,24H,5-7,9-10,12-14H2,1-4H3,(H2,28,29,30);7-8,10-11,17H,4-6,9H2,1-3H3,(H,22,23);2,5,8-9,11H,3-4,6-7H2,1H3,(H,19,22)(H3,18,20,21);7H,2-5,8H2,1H3. The summed E-state index contributed by atoms with van der Waals surface area (Å²) in [5, 5.41) is 30.5. The highest BCUT2D eigenvalue weighted by Crippen LogP contribution is 2.43. The van der Waals surface area contributed by atoms with Gasteiger partial charge in [-0.25, -0.2) is 24.3 Å². The van der Waals surface area contributed by atoms with Gasteiger partial charge in [0.15, 0.2) is 12.5 Å². The van der Waals surface area contributed by atoms with Crippen molar-refractivity contribution < 1.29 is 23.9 Å². The van der Waals surface area contributed by atoms with Gasteiger partial charge in [-0.3, -0.25) is 19.5 Å². The molecule has 514 valence electrons. The van der Waals surface area contributed by atoms with E-state index in [9.17, 15) is 14.4 Å². The zero-order valence-electron chi connectivity index (χ0n) is 56.7. The summed E-state index contributed by atoms with van der Waals surface area (Å²) in [5.74, 6) is 2.73. The van der Waals surface area contributed by atoms with Crippen LogP contribution in [0.2, 0.25) is 0 Å². The van der Waals surface area contributed by atoms with E-state index in [1.807, 2.05) is 54.7 Å². The van der Waals surface area contributed by atoms with E-state index in [0.717, 1.165) is 213 Å². The molecule has 3 amide bonds. The summed E-state index contributed by atoms with van der Waals surface area (Å²) in [5.41, 5.74) is 19.6. The average molecular weight is 1430 g/mol. The second kappa shape index (κ2) is 31.1. The van der Waals surface area contributed by atoms with Crippen LogP contribution in [-0.2, 0) is 23.9 Å². The van der Waals surface area contributed by atoms with Crippen LogP contribution in [0, 0.1) is 0 Å². The summed E-state index contributed by atoms with van der Waals surface area (Å²) in [4.78, 5) is 57.3. The van der Waals surface area contributed by atoms with Crippen LogP contribution >= 0.6 is 49.9 Å². The maximum absolute atomic E-state index is 11.7. The van der Waals surface area contributed by atoms with E-state index in [-0.39, 0.29) is 41.3 Å². The van der Waals surface area contributed by atoms with E-state index in [4.69, 9.17) is 30.9 Å². The van der Waals surface area contributed by atoms with Gasteiger partial charge in [0.2, 0.25) is 17.7 Å². The maximum Gasteiger partial charge on any atom is 0.219 e. The number of nitrogens with two attached hydrogens (primary N) is 2. The van der Waals surface area contributed by atoms with E-state index >= 15 is 0 Å². The van der Waals surface area contributed by atoms with Crippen molar-refractivity contribution in [2.75, 3.05) is 79.5 Å². The molecule has 0 bridgehead atoms. The number of piperidine rings is 3. The number of aromatic nitrogens is 9. The Morgan fingerprint density at radius 1 is 0.552 bits per heavy atom. The Labute approximate surface area is 582 Å². The number of hydrogen-bond donors (Lipinski definition) is 7. The molecule has 9 aromatic rings. The van der Waals surface area contributed by atoms with Gasteiger partial charge in [-0.15, -0.1) is 34.0 Å². The van der Waals surface area contributed by atoms with E-state index in [1.165, 1.54) is 6.42 Å². The van der Waals surface area contributed by atoms with Crippen LogP contribution < -0.4 is 32.7 Å². The molecule has 5 aliphatic rings. The van der Waals surface area contributed by atoms with Crippen molar-refractivity contribution in [3.63, 3.8) is 0 Å². The third-order valence-corrected chi connectivity index (χ3v) is 21.9. The third kappa shape index (κ3) is 18.1. The minimum Gasteiger partial charge on any atom is -0.384 e. The van der Waals surface area contributed by atoms with E-state index in [2.05, 4.69) is 141 Å². The van der Waals surface area contributed by atoms with E-state index in [0.29, 0.717) is 23.9 Å². The molecule has 9 aromatic heterocycles. The number of hydrogen-bond acceptors (Lipinski definition) is 20. The lowest BCUT2D eigenvalue weighted by molar-refractivity contribution is -0.130. The molecule has 9 N–H and O–H groups in total. The number of nitrogen functional groups attached to an aromatic ring is 1. The van der Waals surface area contributed by atoms with Gasteiger partial charge in [0, 0.05) is 138 Å². The van der Waals surface area contributed by atoms with Crippen molar-refractivity contribution in [1.82, 2.24) is 59.4 Å². The van der Waals surface area contributed by atoms with Gasteiger partial charge < -0.3 is 56.9 Å². The number of thiophene rings is 3. The summed E-state index contributed by atoms with van der Waals surface area (Å²) in [6, 6.07) is 19.5. The number of anilines is 5. The quantitative estimate of drug-likeness (QED) is 0.0633. The first kappa shape index (κ1) is 70.1. The van der Waals surface area contributed by atoms with Crippen LogP contribution in [0.3, 0.4) is 0 Å². The number of pyridine rings is 3. The first-order chi connectivity index (χ1) is 46.0. The fraction of sp³-hybridized carbons (Fsp3) is 0.522. The zero-order chi connectivity index (χ0) is 67.8. The van der Waals surface area contributed by atoms with Crippen LogP contribution in [0.25, 0.3) is 62.4 Å². The lowest BCUT2D eigenvalue weighted by Gasteiger charge is -2.32. The van der Waals surface area contributed by atoms with Crippen molar-refractivity contribution in [2.24, 2.45) is 5.73 Å². The second-order valence-electron chi connectivity index (χ2n) is 27.5. The lowest BCUT2D eigenvalue weighted by Crippen LogP contribution is -2.41. The van der Waals surface area contributed by atoms with Crippen LogP contribution in [0.1, 0.15) is 152 Å². The summed E-state index contributed by atoms with van der Waals surface area (Å²) < 4.78 is 20.4. The van der Waals surface area contributed by atoms with Gasteiger partial charge in [-0.05, 0) is 177 Å². The Kier molecular flexibility index (Phi) is 22.7. The van der Waals surface area contributed by atoms with Crippen LogP contribution in [0.15, 0.2) is 77.7 Å². The summed E-state index contributed by atoms with van der Waals surface area (Å²) in [7, 11) is 0. The van der Waals surface area contributed by atoms with Crippen LogP contribution in [-0.4, -0.2) is 159 Å². The summed E-state index contributed by atoms with van der Waals surface area (Å²) in [6.45, 7) is 24.2. The third-order valence-electron chi connectivity index (χ3n) is 17.5. The molecule has 27 heteroatoms. The van der Waals surface area contributed by atoms with Crippen molar-refractivity contribution in [3.05, 3.63) is 77.7 Å². The van der Waals surface area contributed by atoms with Gasteiger partial charge in [0.25, 0.3) is 0 Å². The van der Waals surface area contributed by atoms with Crippen molar-refractivity contribution in [2.45, 2.75) is 181 Å². The van der Waals surface area contributed by atoms with Gasteiger partial charge >= 0.3 is 0 Å². The molecular weight excluding hydrogens is 1340 g/mol. The molecule has 5 aliphatic heterocycles. The number of aromatic amines is 1. The fourth-order valence-corrected chi connectivity index (χ4v) is 16.4. The lowest BCUT2D eigenvalue weighted by atomic mass is 10.0. The van der Waals surface area contributed by atoms with E-state index < -0.39 is 0 Å². The second-order valence-corrected chi connectivity index (χ2v) is 31.5. The van der Waals surface area contributed by atoms with E-state index in [1.54, 1.807) is 61.0 Å². The molecular formula is C69H93BrN18O5S3. The molecule has 0 spiro atoms. The number of amides is 3. The largest absolute Gasteiger partial charge is 0.384 e. The minimum atomic E-state index is -0.0967. The number of ether oxygens (including phenoxy) is 2. The Hall–Kier alpha value is -7.27. The molecule has 0 radical (unpaired) electrons. The number of likely N-dealkylation sites (tertiary alicyclic amines) is 3. The molecule has 5 saturated heterocycles. The van der Waals surface area contributed by atoms with Crippen LogP contribution in [0.5, 0.6) is 0 Å². The smallest absolute Gasteiger partial charge is 0.219 e. The Balaban J connectivity index is 0.000000138. The average Bonchev–Trinajstić information content (AvgIpc) is 1.64. The maximum atomic E-state index is 11.7. The predicted octanol–water partition coefficient (Wildman–Crippen LogP) is 14.0. The van der Waals surface area contributed by atoms with Crippen molar-refractivity contribution >= 4 is 127 Å². The highest BCUT2D eigenvalue weighted by atomic mass is 79.9. The Bertz CT molecular complexity index is 4070. The predicted molar refractivity (Wildman–Crippen MR) is 393 cm³/mol. The van der Waals surface area contributed by atoms with Gasteiger partial charge in [0.1, 0.15) is 17.5 Å². The molecule has 23 nitrogen and oxygen atoms in total. The first-order valence-corrected chi connectivity index (χ1v) is 36.9. The molecule has 0 saturated carbocycles. The molecule has 14 heterocycles. The monoisotopic (exact) mass is 1430 g/mol. The molecule has 0 aromatic carbocycles. The van der Waals surface area contributed by atoms with Crippen molar-refractivity contribution in [3.8, 4) is 31.7 Å². The number of H-pyrrole nitrogens is 1. The molecule has 2 atom stereocenters. The minimum absolute atomic E-state index is 0.00547. The number of halogens is 1. The normalized spacial score (nSPS) is 18.5. The highest BCUT2D eigenvalue weighted by molar-refractivity contribution is 9.10. The molecule has 2 unspecified atom stereocenters. The Morgan fingerprint density at radius 3 is 1.45 bits per heavy atom. The van der Waals surface area contributed by atoms with Crippen LogP contribution in [0.4, 0.5) is 28.8 Å². The molecule has 5 fully saturated rings. The fourth-order valence-electron chi connectivity index (χ4n) is 12.6. The number of carbonyl (C=O) groups excluding carboxylic acids is 3. The number of fused-ring (bicyclic) bond motifs is 3. The molecule has 0 aliphatic carbocycles. The first-order valence-electron chi connectivity index (χ1n) is 33.6. The number of nitrogens with zero attached hydrogens (tertiary/aromatic N) is 11. The van der Waals surface area contributed by atoms with Crippen molar-refractivity contribution in [1.29, 1.82) is 0 Å².